The monoisotopic (exact) mass is 1430 g/mol. The Morgan fingerprint density at radius 1 is 0.315 bits per heavy atom. The first-order chi connectivity index (χ1) is 44.1. The van der Waals surface area contributed by atoms with Crippen molar-refractivity contribution >= 4 is 71.8 Å². The topological polar surface area (TPSA) is 185 Å². The van der Waals surface area contributed by atoms with Gasteiger partial charge in [-0.2, -0.15) is 0 Å². The van der Waals surface area contributed by atoms with Gasteiger partial charge in [0.25, 0.3) is 0 Å². The van der Waals surface area contributed by atoms with Crippen LogP contribution in [0.3, 0.4) is 0 Å². The standard InChI is InChI=1S/C14H32O3Si.C11H14O3Si.C11H18O2Si.C9H14O3Si.2C7H18O3Si.C6H16O3Si/c1-5-9-10-11-12-13-14-18(15-6-2,16-7-3)17-8-4;1-5-6-7-8-9-10-11-15(12-2,13-3)14-4;1-4-12-14(3,13-5-2)11-9-7-6-8-10-11;1-10-13(11-2,12-3)9-7-5-4-6-8-9;2*1-5-8-11(4,9-6-2)10-7-3;1-5-6-10(7-2,8-3)9-4/h5-14H2,1-4H3;1H,10-11H2,2-4H3;6-10H,4-5H2,1-3H3;4-8H,1-3H3;2*5-7H2,1-4H3;5-6H2,1-4H3. The summed E-state index contributed by atoms with van der Waals surface area (Å²) in [5.41, 5.74) is 0. The minimum absolute atomic E-state index is 0.612. The molecule has 20 nitrogen and oxygen atoms in total. The molecule has 0 aliphatic carbocycles. The SMILES string of the molecule is C#CC#CC#CCC[Si](OC)(OC)OC.CCCCCCCC[Si](OCC)(OCC)OCC.CCC[Si](OC)(OC)OC.CCO[Si](C)(OCC)OCC.CCO[Si](C)(OCC)OCC.CCO[Si](C)(OCC)c1ccccc1.CO[Si](OC)(OC)c1ccccc1. The van der Waals surface area contributed by atoms with Crippen LogP contribution in [0.25, 0.3) is 0 Å². The van der Waals surface area contributed by atoms with Gasteiger partial charge in [0.05, 0.1) is 0 Å². The number of hydrogen-bond donors (Lipinski definition) is 0. The number of terminal acetylenes is 1. The number of hydrogen-bond acceptors (Lipinski definition) is 20. The largest absolute Gasteiger partial charge is 0.536 e. The van der Waals surface area contributed by atoms with Crippen molar-refractivity contribution in [3.8, 4) is 36.0 Å². The zero-order chi connectivity index (χ0) is 71.0. The molecular formula is C65H130O20Si7. The van der Waals surface area contributed by atoms with Gasteiger partial charge >= 0.3 is 61.4 Å². The van der Waals surface area contributed by atoms with Gasteiger partial charge in [0, 0.05) is 179 Å². The Labute approximate surface area is 569 Å². The summed E-state index contributed by atoms with van der Waals surface area (Å²) in [6, 6.07) is 22.4. The van der Waals surface area contributed by atoms with Crippen LogP contribution in [0, 0.1) is 36.0 Å². The highest BCUT2D eigenvalue weighted by molar-refractivity contribution is 6.80. The molecule has 0 aliphatic heterocycles. The highest BCUT2D eigenvalue weighted by Gasteiger charge is 2.42. The first-order valence-electron chi connectivity index (χ1n) is 32.6. The van der Waals surface area contributed by atoms with E-state index in [0.29, 0.717) is 85.1 Å². The van der Waals surface area contributed by atoms with E-state index in [4.69, 9.17) is 94.9 Å². The van der Waals surface area contributed by atoms with Crippen molar-refractivity contribution in [3.05, 3.63) is 60.7 Å². The van der Waals surface area contributed by atoms with Gasteiger partial charge in [-0.3, -0.25) is 0 Å². The van der Waals surface area contributed by atoms with Gasteiger partial charge in [-0.05, 0) is 118 Å². The summed E-state index contributed by atoms with van der Waals surface area (Å²) in [5, 5.41) is 2.17. The molecule has 0 fully saturated rings. The van der Waals surface area contributed by atoms with E-state index in [1.807, 2.05) is 138 Å². The predicted octanol–water partition coefficient (Wildman–Crippen LogP) is 12.7. The van der Waals surface area contributed by atoms with Crippen LogP contribution in [0.15, 0.2) is 60.7 Å². The summed E-state index contributed by atoms with van der Waals surface area (Å²) in [5.74, 6) is 12.6. The van der Waals surface area contributed by atoms with Gasteiger partial charge in [-0.25, -0.2) is 0 Å². The van der Waals surface area contributed by atoms with E-state index in [-0.39, 0.29) is 0 Å². The van der Waals surface area contributed by atoms with Gasteiger partial charge in [-0.15, -0.1) is 6.42 Å². The number of unbranched alkanes of at least 4 members (excludes halogenated alkanes) is 5. The van der Waals surface area contributed by atoms with Crippen molar-refractivity contribution in [2.24, 2.45) is 0 Å². The highest BCUT2D eigenvalue weighted by Crippen LogP contribution is 2.21. The molecule has 0 saturated heterocycles. The Morgan fingerprint density at radius 2 is 0.641 bits per heavy atom. The van der Waals surface area contributed by atoms with E-state index in [1.54, 1.807) is 64.0 Å². The van der Waals surface area contributed by atoms with E-state index >= 15 is 0 Å². The number of rotatable bonds is 44. The van der Waals surface area contributed by atoms with E-state index in [1.165, 1.54) is 37.3 Å². The third-order valence-electron chi connectivity index (χ3n) is 12.7. The van der Waals surface area contributed by atoms with Crippen LogP contribution in [0.1, 0.15) is 141 Å². The summed E-state index contributed by atoms with van der Waals surface area (Å²) >= 11 is 0. The molecule has 0 aliphatic rings. The smallest absolute Gasteiger partial charge is 0.391 e. The van der Waals surface area contributed by atoms with Crippen LogP contribution in [-0.2, 0) is 88.5 Å². The van der Waals surface area contributed by atoms with E-state index in [2.05, 4.69) is 62.1 Å². The Bertz CT molecular complexity index is 1970. The maximum Gasteiger partial charge on any atom is 0.536 e. The molecule has 0 heterocycles. The predicted molar refractivity (Wildman–Crippen MR) is 388 cm³/mol. The molecule has 0 atom stereocenters. The second-order valence-electron chi connectivity index (χ2n) is 19.1. The maximum atomic E-state index is 5.83. The average Bonchev–Trinajstić information content (AvgIpc) is 1.13. The van der Waals surface area contributed by atoms with Crippen LogP contribution in [-0.4, -0.2) is 198 Å². The minimum Gasteiger partial charge on any atom is -0.391 e. The van der Waals surface area contributed by atoms with Crippen LogP contribution in [0.5, 0.6) is 0 Å². The summed E-state index contributed by atoms with van der Waals surface area (Å²) in [4.78, 5) is 0. The zero-order valence-corrected chi connectivity index (χ0v) is 69.1. The molecule has 0 unspecified atom stereocenters. The Balaban J connectivity index is -0.000000323. The van der Waals surface area contributed by atoms with Gasteiger partial charge < -0.3 is 88.5 Å². The molecule has 0 N–H and O–H groups in total. The molecule has 0 amide bonds. The van der Waals surface area contributed by atoms with Crippen LogP contribution in [0.2, 0.25) is 37.8 Å². The van der Waals surface area contributed by atoms with Gasteiger partial charge in [0.1, 0.15) is 0 Å². The summed E-state index contributed by atoms with van der Waals surface area (Å²) in [6.45, 7) is 39.4. The molecular weight excluding hydrogens is 1300 g/mol. The molecule has 0 radical (unpaired) electrons. The van der Waals surface area contributed by atoms with Gasteiger partial charge in [-0.1, -0.05) is 119 Å². The summed E-state index contributed by atoms with van der Waals surface area (Å²) < 4.78 is 109. The normalized spacial score (nSPS) is 11.4. The molecule has 92 heavy (non-hydrogen) atoms. The summed E-state index contributed by atoms with van der Waals surface area (Å²) in [6.07, 6.45) is 14.3. The molecule has 538 valence electrons. The summed E-state index contributed by atoms with van der Waals surface area (Å²) in [7, 11) is -1.84. The fraction of sp³-hybridized carbons (Fsp3) is 0.723. The van der Waals surface area contributed by atoms with Crippen molar-refractivity contribution in [2.75, 3.05) is 137 Å². The molecule has 0 bridgehead atoms. The zero-order valence-electron chi connectivity index (χ0n) is 62.1. The quantitative estimate of drug-likeness (QED) is 0.0346. The van der Waals surface area contributed by atoms with Crippen molar-refractivity contribution in [3.63, 3.8) is 0 Å². The first kappa shape index (κ1) is 98.5. The van der Waals surface area contributed by atoms with Crippen molar-refractivity contribution in [1.82, 2.24) is 0 Å². The molecule has 0 spiro atoms. The lowest BCUT2D eigenvalue weighted by Crippen LogP contribution is -2.54. The fourth-order valence-electron chi connectivity index (χ4n) is 8.50. The van der Waals surface area contributed by atoms with E-state index in [9.17, 15) is 0 Å². The van der Waals surface area contributed by atoms with Crippen LogP contribution >= 0.6 is 0 Å². The lowest BCUT2D eigenvalue weighted by atomic mass is 10.1. The molecule has 27 heteroatoms. The Morgan fingerprint density at radius 3 is 0.935 bits per heavy atom. The lowest BCUT2D eigenvalue weighted by molar-refractivity contribution is 0.0704. The van der Waals surface area contributed by atoms with Gasteiger partial charge in [0.15, 0.2) is 0 Å². The van der Waals surface area contributed by atoms with Crippen molar-refractivity contribution in [2.45, 2.75) is 179 Å². The molecule has 0 aromatic heterocycles. The third kappa shape index (κ3) is 46.9. The lowest BCUT2D eigenvalue weighted by Gasteiger charge is -2.28. The molecule has 0 saturated carbocycles. The number of benzene rings is 2. The third-order valence-corrected chi connectivity index (χ3v) is 32.2. The van der Waals surface area contributed by atoms with Crippen LogP contribution < -0.4 is 10.4 Å². The van der Waals surface area contributed by atoms with Crippen molar-refractivity contribution in [1.29, 1.82) is 0 Å². The van der Waals surface area contributed by atoms with Crippen LogP contribution in [0.4, 0.5) is 0 Å². The van der Waals surface area contributed by atoms with E-state index in [0.717, 1.165) is 30.1 Å². The molecule has 2 aromatic rings. The first-order valence-corrected chi connectivity index (χ1v) is 46.9. The fourth-order valence-corrected chi connectivity index (χ4v) is 22.2. The van der Waals surface area contributed by atoms with Crippen molar-refractivity contribution < 1.29 is 88.5 Å². The maximum absolute atomic E-state index is 5.83. The highest BCUT2D eigenvalue weighted by atomic mass is 28.4. The molecule has 2 rings (SSSR count). The average molecular weight is 1430 g/mol. The van der Waals surface area contributed by atoms with Gasteiger partial charge in [0.2, 0.25) is 0 Å². The minimum atomic E-state index is -2.59. The Hall–Kier alpha value is -2.16. The Kier molecular flexibility index (Phi) is 69.4. The molecule has 2 aromatic carbocycles. The second kappa shape index (κ2) is 64.8. The second-order valence-corrected chi connectivity index (χ2v) is 39.1. The van der Waals surface area contributed by atoms with E-state index < -0.39 is 61.4 Å².